The molecule has 32 heavy (non-hydrogen) atoms. The Hall–Kier alpha value is -2.80. The van der Waals surface area contributed by atoms with Crippen LogP contribution >= 0.6 is 11.8 Å². The Morgan fingerprint density at radius 1 is 0.938 bits per heavy atom. The van der Waals surface area contributed by atoms with Crippen LogP contribution < -0.4 is 0 Å². The number of hydrogen-bond donors (Lipinski definition) is 0. The number of ketones is 1. The number of rotatable bonds is 9. The molecule has 4 rings (SSSR count). The number of carbonyl (C=O) groups excluding carboxylic acids is 3. The van der Waals surface area contributed by atoms with Gasteiger partial charge in [-0.15, -0.1) is 11.8 Å². The number of nitrogens with zero attached hydrogens (tertiary/aromatic N) is 2. The summed E-state index contributed by atoms with van der Waals surface area (Å²) in [4.78, 5) is 41.8. The van der Waals surface area contributed by atoms with Crippen molar-refractivity contribution in [3.63, 3.8) is 0 Å². The van der Waals surface area contributed by atoms with E-state index in [1.807, 2.05) is 70.5 Å². The molecule has 0 spiro atoms. The Balaban J connectivity index is 1.53. The Labute approximate surface area is 192 Å². The van der Waals surface area contributed by atoms with E-state index in [1.165, 1.54) is 7.11 Å². The third-order valence-corrected chi connectivity index (χ3v) is 7.58. The monoisotopic (exact) mass is 452 g/mol. The van der Waals surface area contributed by atoms with Gasteiger partial charge in [0, 0.05) is 31.7 Å². The van der Waals surface area contributed by atoms with Gasteiger partial charge in [0.25, 0.3) is 0 Å². The average Bonchev–Trinajstić information content (AvgIpc) is 3.35. The van der Waals surface area contributed by atoms with Gasteiger partial charge in [0.15, 0.2) is 0 Å². The number of hydrogen-bond acceptors (Lipinski definition) is 5. The second-order valence-corrected chi connectivity index (χ2v) is 9.39. The molecule has 2 aromatic rings. The van der Waals surface area contributed by atoms with E-state index < -0.39 is 0 Å². The standard InChI is InChI=1S/C25H28N2O4S/c1-31-22(29)14-8-13-21(28)24-23-20(17-32-24)26(15-18-9-4-2-5-10-18)25(30)27(23)16-19-11-6-3-7-12-19/h2-7,9-12,20,23-24H,8,13-17H2,1H3/t20-,23-,24-/m0/s1. The summed E-state index contributed by atoms with van der Waals surface area (Å²) in [5, 5.41) is -0.272. The molecule has 0 aromatic heterocycles. The van der Waals surface area contributed by atoms with E-state index in [9.17, 15) is 14.4 Å². The van der Waals surface area contributed by atoms with Gasteiger partial charge in [-0.3, -0.25) is 9.59 Å². The topological polar surface area (TPSA) is 66.9 Å². The van der Waals surface area contributed by atoms with Crippen molar-refractivity contribution in [1.29, 1.82) is 0 Å². The molecule has 2 aromatic carbocycles. The largest absolute Gasteiger partial charge is 0.469 e. The molecule has 3 atom stereocenters. The Bertz CT molecular complexity index is 953. The van der Waals surface area contributed by atoms with Gasteiger partial charge in [-0.05, 0) is 17.5 Å². The zero-order valence-corrected chi connectivity index (χ0v) is 19.0. The number of Topliss-reactive ketones (excluding diaryl/α,β-unsaturated/α-hetero) is 1. The first-order valence-electron chi connectivity index (χ1n) is 10.9. The number of methoxy groups -OCH3 is 1. The molecular weight excluding hydrogens is 424 g/mol. The Morgan fingerprint density at radius 2 is 1.53 bits per heavy atom. The van der Waals surface area contributed by atoms with Crippen LogP contribution in [0.3, 0.4) is 0 Å². The van der Waals surface area contributed by atoms with Gasteiger partial charge in [-0.2, -0.15) is 0 Å². The van der Waals surface area contributed by atoms with E-state index in [0.717, 1.165) is 16.9 Å². The maximum Gasteiger partial charge on any atom is 0.321 e. The van der Waals surface area contributed by atoms with Crippen LogP contribution in [-0.4, -0.2) is 57.8 Å². The second kappa shape index (κ2) is 10.2. The molecule has 6 nitrogen and oxygen atoms in total. The molecule has 0 saturated carbocycles. The van der Waals surface area contributed by atoms with Crippen molar-refractivity contribution in [2.24, 2.45) is 0 Å². The smallest absolute Gasteiger partial charge is 0.321 e. The summed E-state index contributed by atoms with van der Waals surface area (Å²) >= 11 is 1.64. The Morgan fingerprint density at radius 3 is 2.12 bits per heavy atom. The first-order chi connectivity index (χ1) is 15.6. The first-order valence-corrected chi connectivity index (χ1v) is 12.0. The number of esters is 1. The molecule has 0 N–H and O–H groups in total. The van der Waals surface area contributed by atoms with Crippen molar-refractivity contribution in [1.82, 2.24) is 9.80 Å². The van der Waals surface area contributed by atoms with Gasteiger partial charge >= 0.3 is 12.0 Å². The lowest BCUT2D eigenvalue weighted by Gasteiger charge is -2.26. The van der Waals surface area contributed by atoms with E-state index >= 15 is 0 Å². The Kier molecular flexibility index (Phi) is 7.15. The van der Waals surface area contributed by atoms with Crippen LogP contribution in [0.15, 0.2) is 60.7 Å². The predicted octanol–water partition coefficient (Wildman–Crippen LogP) is 3.89. The highest BCUT2D eigenvalue weighted by molar-refractivity contribution is 8.01. The van der Waals surface area contributed by atoms with Gasteiger partial charge in [-0.1, -0.05) is 60.7 Å². The fourth-order valence-corrected chi connectivity index (χ4v) is 6.14. The van der Waals surface area contributed by atoms with E-state index in [1.54, 1.807) is 11.8 Å². The molecule has 2 aliphatic heterocycles. The second-order valence-electron chi connectivity index (χ2n) is 8.22. The SMILES string of the molecule is COC(=O)CCCC(=O)[C@@H]1SC[C@H]2[C@@H]1N(Cc1ccccc1)C(=O)N2Cc1ccccc1. The van der Waals surface area contributed by atoms with Gasteiger partial charge < -0.3 is 14.5 Å². The molecule has 0 unspecified atom stereocenters. The molecule has 0 bridgehead atoms. The molecule has 2 saturated heterocycles. The van der Waals surface area contributed by atoms with E-state index in [2.05, 4.69) is 4.74 Å². The van der Waals surface area contributed by atoms with Crippen LogP contribution in [0.5, 0.6) is 0 Å². The lowest BCUT2D eigenvalue weighted by Crippen LogP contribution is -2.43. The fourth-order valence-electron chi connectivity index (χ4n) is 4.53. The lowest BCUT2D eigenvalue weighted by atomic mass is 9.99. The number of fused-ring (bicyclic) bond motifs is 1. The molecule has 0 aliphatic carbocycles. The van der Waals surface area contributed by atoms with E-state index in [-0.39, 0.29) is 41.5 Å². The number of benzene rings is 2. The summed E-state index contributed by atoms with van der Waals surface area (Å²) in [7, 11) is 1.36. The summed E-state index contributed by atoms with van der Waals surface area (Å²) in [5.41, 5.74) is 2.13. The van der Waals surface area contributed by atoms with Crippen molar-refractivity contribution in [2.75, 3.05) is 12.9 Å². The van der Waals surface area contributed by atoms with Crippen molar-refractivity contribution in [2.45, 2.75) is 49.7 Å². The summed E-state index contributed by atoms with van der Waals surface area (Å²) in [6.45, 7) is 1.02. The molecule has 168 valence electrons. The van der Waals surface area contributed by atoms with Crippen LogP contribution in [-0.2, 0) is 27.4 Å². The zero-order chi connectivity index (χ0) is 22.5. The summed E-state index contributed by atoms with van der Waals surface area (Å²) < 4.78 is 4.68. The van der Waals surface area contributed by atoms with Crippen LogP contribution in [0.1, 0.15) is 30.4 Å². The van der Waals surface area contributed by atoms with Crippen molar-refractivity contribution in [3.8, 4) is 0 Å². The number of ether oxygens (including phenoxy) is 1. The molecule has 2 amide bonds. The van der Waals surface area contributed by atoms with E-state index in [0.29, 0.717) is 25.9 Å². The average molecular weight is 453 g/mol. The quantitative estimate of drug-likeness (QED) is 0.427. The van der Waals surface area contributed by atoms with Crippen molar-refractivity contribution < 1.29 is 19.1 Å². The lowest BCUT2D eigenvalue weighted by molar-refractivity contribution is -0.140. The normalized spacial score (nSPS) is 22.2. The molecule has 2 fully saturated rings. The number of thioether (sulfide) groups is 1. The number of carbonyl (C=O) groups is 3. The summed E-state index contributed by atoms with van der Waals surface area (Å²) in [5.74, 6) is 0.548. The van der Waals surface area contributed by atoms with Gasteiger partial charge in [-0.25, -0.2) is 4.79 Å². The summed E-state index contributed by atoms with van der Waals surface area (Å²) in [6.07, 6.45) is 1.03. The zero-order valence-electron chi connectivity index (χ0n) is 18.2. The molecule has 7 heteroatoms. The molecular formula is C25H28N2O4S. The van der Waals surface area contributed by atoms with Crippen molar-refractivity contribution in [3.05, 3.63) is 71.8 Å². The van der Waals surface area contributed by atoms with Crippen LogP contribution in [0, 0.1) is 0 Å². The van der Waals surface area contributed by atoms with Crippen molar-refractivity contribution >= 4 is 29.5 Å². The fraction of sp³-hybridized carbons (Fsp3) is 0.400. The van der Waals surface area contributed by atoms with Crippen LogP contribution in [0.4, 0.5) is 4.79 Å². The number of amides is 2. The van der Waals surface area contributed by atoms with E-state index in [4.69, 9.17) is 0 Å². The first kappa shape index (κ1) is 22.4. The number of urea groups is 1. The molecule has 2 aliphatic rings. The van der Waals surface area contributed by atoms with Gasteiger partial charge in [0.05, 0.1) is 24.4 Å². The predicted molar refractivity (Wildman–Crippen MR) is 124 cm³/mol. The minimum atomic E-state index is -0.300. The molecule has 2 heterocycles. The highest BCUT2D eigenvalue weighted by Gasteiger charge is 2.54. The third-order valence-electron chi connectivity index (χ3n) is 6.14. The third kappa shape index (κ3) is 4.83. The minimum absolute atomic E-state index is 0.00836. The minimum Gasteiger partial charge on any atom is -0.469 e. The molecule has 0 radical (unpaired) electrons. The summed E-state index contributed by atoms with van der Waals surface area (Å²) in [6, 6.07) is 19.7. The van der Waals surface area contributed by atoms with Crippen LogP contribution in [0.25, 0.3) is 0 Å². The highest BCUT2D eigenvalue weighted by Crippen LogP contribution is 2.41. The maximum absolute atomic E-state index is 13.5. The van der Waals surface area contributed by atoms with Crippen LogP contribution in [0.2, 0.25) is 0 Å². The highest BCUT2D eigenvalue weighted by atomic mass is 32.2. The van der Waals surface area contributed by atoms with Gasteiger partial charge in [0.2, 0.25) is 0 Å². The van der Waals surface area contributed by atoms with Gasteiger partial charge in [0.1, 0.15) is 5.78 Å². The maximum atomic E-state index is 13.5.